The second-order valence-corrected chi connectivity index (χ2v) is 16.6. The van der Waals surface area contributed by atoms with Crippen molar-refractivity contribution in [3.05, 3.63) is 154 Å². The summed E-state index contributed by atoms with van der Waals surface area (Å²) in [6.45, 7) is 8.71. The second kappa shape index (κ2) is 24.8. The zero-order valence-electron chi connectivity index (χ0n) is 34.9. The molecule has 0 aliphatic heterocycles. The van der Waals surface area contributed by atoms with Crippen molar-refractivity contribution in [3.8, 4) is 58.9 Å². The summed E-state index contributed by atoms with van der Waals surface area (Å²) in [7, 11) is 0. The Morgan fingerprint density at radius 2 is 0.700 bits per heavy atom. The molecule has 0 aliphatic carbocycles. The highest BCUT2D eigenvalue weighted by Crippen LogP contribution is 2.30. The van der Waals surface area contributed by atoms with Crippen molar-refractivity contribution >= 4 is 33.8 Å². The molecule has 5 aromatic carbocycles. The molecule has 0 saturated heterocycles. The molecule has 60 heavy (non-hydrogen) atoms. The van der Waals surface area contributed by atoms with Gasteiger partial charge in [0.15, 0.2) is 10.2 Å². The lowest BCUT2D eigenvalue weighted by atomic mass is 10.1. The highest BCUT2D eigenvalue weighted by molar-refractivity contribution is 8.13. The SMILES string of the molecule is CCCCCCOc1cc(C#Cc2ccc(C#Cc3ccc(SC(C)=O)cc3)cc2)c(OCCCCCC)cc1C#Cc1ccc(C#Cc2ccc(SC(C)=O)cc2)cc1. The highest BCUT2D eigenvalue weighted by atomic mass is 32.2. The average Bonchev–Trinajstić information content (AvgIpc) is 3.25. The van der Waals surface area contributed by atoms with Gasteiger partial charge < -0.3 is 9.47 Å². The molecule has 4 nitrogen and oxygen atoms in total. The molecular weight excluding hydrogens is 777 g/mol. The van der Waals surface area contributed by atoms with Gasteiger partial charge >= 0.3 is 0 Å². The van der Waals surface area contributed by atoms with Crippen LogP contribution in [-0.4, -0.2) is 23.4 Å². The molecule has 5 rings (SSSR count). The molecule has 0 amide bonds. The molecule has 0 N–H and O–H groups in total. The number of hydrogen-bond acceptors (Lipinski definition) is 6. The van der Waals surface area contributed by atoms with Gasteiger partial charge in [0.1, 0.15) is 11.5 Å². The van der Waals surface area contributed by atoms with Gasteiger partial charge in [0.05, 0.1) is 24.3 Å². The maximum Gasteiger partial charge on any atom is 0.190 e. The monoisotopic (exact) mass is 826 g/mol. The van der Waals surface area contributed by atoms with Gasteiger partial charge in [-0.2, -0.15) is 0 Å². The first kappa shape index (κ1) is 45.1. The number of ether oxygens (including phenoxy) is 2. The molecule has 0 fully saturated rings. The fraction of sp³-hybridized carbons (Fsp3) is 0.259. The van der Waals surface area contributed by atoms with Crippen molar-refractivity contribution in [2.24, 2.45) is 0 Å². The standard InChI is InChI=1S/C54H50O4S2/c1-5-7-9-11-37-57-53-39-50(32-26-46-21-15-44(16-22-46)18-24-48-29-35-52(36-30-48)60-42(4)56)54(58-38-12-10-8-6-2)40-49(53)31-25-45-19-13-43(14-20-45)17-23-47-27-33-51(34-28-47)59-41(3)55/h13-16,19-22,27-30,33-36,39-40H,5-12,37-38H2,1-4H3. The van der Waals surface area contributed by atoms with Crippen molar-refractivity contribution in [1.29, 1.82) is 0 Å². The van der Waals surface area contributed by atoms with E-state index in [1.54, 1.807) is 13.8 Å². The Hall–Kier alpha value is -6.02. The van der Waals surface area contributed by atoms with Gasteiger partial charge in [-0.3, -0.25) is 9.59 Å². The van der Waals surface area contributed by atoms with Crippen LogP contribution in [0.5, 0.6) is 11.5 Å². The Morgan fingerprint density at radius 3 is 0.983 bits per heavy atom. The topological polar surface area (TPSA) is 52.6 Å². The van der Waals surface area contributed by atoms with E-state index in [1.165, 1.54) is 36.4 Å². The summed E-state index contributed by atoms with van der Waals surface area (Å²) in [5.41, 5.74) is 6.77. The lowest BCUT2D eigenvalue weighted by Gasteiger charge is -2.14. The zero-order chi connectivity index (χ0) is 42.4. The number of thioether (sulfide) groups is 2. The van der Waals surface area contributed by atoms with E-state index in [-0.39, 0.29) is 10.2 Å². The predicted octanol–water partition coefficient (Wildman–Crippen LogP) is 12.5. The van der Waals surface area contributed by atoms with Gasteiger partial charge in [-0.05, 0) is 110 Å². The fourth-order valence-corrected chi connectivity index (χ4v) is 7.01. The maximum absolute atomic E-state index is 11.4. The Balaban J connectivity index is 1.38. The summed E-state index contributed by atoms with van der Waals surface area (Å²) < 4.78 is 12.8. The lowest BCUT2D eigenvalue weighted by Crippen LogP contribution is -2.03. The van der Waals surface area contributed by atoms with Gasteiger partial charge in [0.2, 0.25) is 0 Å². The summed E-state index contributed by atoms with van der Waals surface area (Å²) in [5.74, 6) is 27.7. The molecule has 0 aliphatic rings. The minimum absolute atomic E-state index is 0.0604. The Kier molecular flexibility index (Phi) is 18.6. The maximum atomic E-state index is 11.4. The molecular formula is C54H50O4S2. The number of unbranched alkanes of at least 4 members (excludes halogenated alkanes) is 6. The van der Waals surface area contributed by atoms with Crippen molar-refractivity contribution in [2.75, 3.05) is 13.2 Å². The van der Waals surface area contributed by atoms with Gasteiger partial charge in [-0.15, -0.1) is 0 Å². The summed E-state index contributed by atoms with van der Waals surface area (Å²) in [5, 5.41) is 0.121. The quantitative estimate of drug-likeness (QED) is 0.0631. The van der Waals surface area contributed by atoms with Crippen LogP contribution in [0, 0.1) is 47.4 Å². The van der Waals surface area contributed by atoms with E-state index in [0.717, 1.165) is 92.8 Å². The van der Waals surface area contributed by atoms with Crippen LogP contribution < -0.4 is 9.47 Å². The first-order chi connectivity index (χ1) is 29.3. The van der Waals surface area contributed by atoms with E-state index in [0.29, 0.717) is 24.7 Å². The molecule has 0 aromatic heterocycles. The average molecular weight is 827 g/mol. The van der Waals surface area contributed by atoms with Crippen LogP contribution in [-0.2, 0) is 9.59 Å². The molecule has 6 heteroatoms. The van der Waals surface area contributed by atoms with Gasteiger partial charge in [0.25, 0.3) is 0 Å². The van der Waals surface area contributed by atoms with Crippen LogP contribution in [0.2, 0.25) is 0 Å². The molecule has 0 atom stereocenters. The highest BCUT2D eigenvalue weighted by Gasteiger charge is 2.11. The summed E-state index contributed by atoms with van der Waals surface area (Å²) in [6, 6.07) is 35.1. The third-order valence-corrected chi connectivity index (χ3v) is 10.6. The first-order valence-electron chi connectivity index (χ1n) is 20.6. The van der Waals surface area contributed by atoms with Crippen LogP contribution in [0.3, 0.4) is 0 Å². The third kappa shape index (κ3) is 16.0. The summed E-state index contributed by atoms with van der Waals surface area (Å²) >= 11 is 2.43. The number of carbonyl (C=O) groups excluding carboxylic acids is 2. The van der Waals surface area contributed by atoms with E-state index in [1.807, 2.05) is 109 Å². The van der Waals surface area contributed by atoms with E-state index in [2.05, 4.69) is 61.2 Å². The Labute approximate surface area is 365 Å². The van der Waals surface area contributed by atoms with E-state index in [9.17, 15) is 9.59 Å². The van der Waals surface area contributed by atoms with Crippen molar-refractivity contribution < 1.29 is 19.1 Å². The molecule has 0 unspecified atom stereocenters. The smallest absolute Gasteiger partial charge is 0.190 e. The lowest BCUT2D eigenvalue weighted by molar-refractivity contribution is -0.109. The van der Waals surface area contributed by atoms with Crippen LogP contribution >= 0.6 is 23.5 Å². The summed E-state index contributed by atoms with van der Waals surface area (Å²) in [6.07, 6.45) is 8.78. The third-order valence-electron chi connectivity index (χ3n) is 8.98. The molecule has 0 spiro atoms. The predicted molar refractivity (Wildman–Crippen MR) is 248 cm³/mol. The number of rotatable bonds is 14. The van der Waals surface area contributed by atoms with E-state index < -0.39 is 0 Å². The first-order valence-corrected chi connectivity index (χ1v) is 22.2. The van der Waals surface area contributed by atoms with Gasteiger partial charge in [-0.25, -0.2) is 0 Å². The zero-order valence-corrected chi connectivity index (χ0v) is 36.5. The minimum Gasteiger partial charge on any atom is -0.492 e. The van der Waals surface area contributed by atoms with E-state index in [4.69, 9.17) is 9.47 Å². The van der Waals surface area contributed by atoms with Crippen LogP contribution in [0.25, 0.3) is 0 Å². The Bertz CT molecular complexity index is 2280. The molecule has 0 saturated carbocycles. The van der Waals surface area contributed by atoms with Gasteiger partial charge in [0, 0.05) is 69.2 Å². The van der Waals surface area contributed by atoms with Crippen molar-refractivity contribution in [3.63, 3.8) is 0 Å². The molecule has 302 valence electrons. The van der Waals surface area contributed by atoms with Crippen LogP contribution in [0.15, 0.2) is 119 Å². The number of benzene rings is 5. The fourth-order valence-electron chi connectivity index (χ4n) is 5.80. The molecule has 0 bridgehead atoms. The van der Waals surface area contributed by atoms with Crippen molar-refractivity contribution in [2.45, 2.75) is 88.9 Å². The number of hydrogen-bond donors (Lipinski definition) is 0. The van der Waals surface area contributed by atoms with Crippen LogP contribution in [0.1, 0.15) is 124 Å². The van der Waals surface area contributed by atoms with Crippen molar-refractivity contribution in [1.82, 2.24) is 0 Å². The second-order valence-electron chi connectivity index (χ2n) is 14.1. The molecule has 0 radical (unpaired) electrons. The van der Waals surface area contributed by atoms with Gasteiger partial charge in [-0.1, -0.05) is 123 Å². The normalized spacial score (nSPS) is 10.1. The summed E-state index contributed by atoms with van der Waals surface area (Å²) in [4.78, 5) is 24.6. The molecule has 5 aromatic rings. The van der Waals surface area contributed by atoms with E-state index >= 15 is 0 Å². The Morgan fingerprint density at radius 1 is 0.417 bits per heavy atom. The van der Waals surface area contributed by atoms with Crippen LogP contribution in [0.4, 0.5) is 0 Å². The number of carbonyl (C=O) groups is 2. The minimum atomic E-state index is 0.0604. The largest absolute Gasteiger partial charge is 0.492 e. The molecule has 0 heterocycles.